The van der Waals surface area contributed by atoms with Crippen molar-refractivity contribution >= 4 is 0 Å². The second-order valence-corrected chi connectivity index (χ2v) is 7.16. The fourth-order valence-corrected chi connectivity index (χ4v) is 3.13. The van der Waals surface area contributed by atoms with Crippen LogP contribution in [-0.2, 0) is 6.42 Å². The lowest BCUT2D eigenvalue weighted by atomic mass is 9.87. The third-order valence-corrected chi connectivity index (χ3v) is 4.54. The van der Waals surface area contributed by atoms with E-state index in [1.54, 1.807) is 0 Å². The van der Waals surface area contributed by atoms with Crippen molar-refractivity contribution in [3.63, 3.8) is 0 Å². The molecule has 2 nitrogen and oxygen atoms in total. The lowest BCUT2D eigenvalue weighted by molar-refractivity contribution is 0.469. The molecule has 0 bridgehead atoms. The number of benzene rings is 2. The summed E-state index contributed by atoms with van der Waals surface area (Å²) in [6.45, 7) is 12.5. The lowest BCUT2D eigenvalue weighted by Crippen LogP contribution is -2.03. The predicted molar refractivity (Wildman–Crippen MR) is 96.7 cm³/mol. The van der Waals surface area contributed by atoms with Crippen molar-refractivity contribution < 1.29 is 10.2 Å². The maximum atomic E-state index is 10.0. The SMILES string of the molecule is Cc1cc(Cc2cc(C)c(O)cc2C(C)C)c(C(C)C)cc1O. The second kappa shape index (κ2) is 6.66. The Hall–Kier alpha value is -1.96. The first-order valence-electron chi connectivity index (χ1n) is 8.35. The predicted octanol–water partition coefficient (Wildman–Crippen LogP) is 5.55. The Morgan fingerprint density at radius 1 is 0.696 bits per heavy atom. The molecule has 124 valence electrons. The lowest BCUT2D eigenvalue weighted by Gasteiger charge is -2.19. The normalized spacial score (nSPS) is 11.5. The molecule has 23 heavy (non-hydrogen) atoms. The monoisotopic (exact) mass is 312 g/mol. The van der Waals surface area contributed by atoms with Crippen molar-refractivity contribution in [3.8, 4) is 11.5 Å². The van der Waals surface area contributed by atoms with Crippen LogP contribution < -0.4 is 0 Å². The van der Waals surface area contributed by atoms with E-state index in [-0.39, 0.29) is 0 Å². The summed E-state index contributed by atoms with van der Waals surface area (Å²) in [6.07, 6.45) is 0.823. The number of hydrogen-bond donors (Lipinski definition) is 2. The van der Waals surface area contributed by atoms with Crippen LogP contribution in [0.15, 0.2) is 24.3 Å². The van der Waals surface area contributed by atoms with Crippen LogP contribution in [0.4, 0.5) is 0 Å². The summed E-state index contributed by atoms with van der Waals surface area (Å²) in [7, 11) is 0. The molecule has 0 saturated heterocycles. The van der Waals surface area contributed by atoms with E-state index in [2.05, 4.69) is 39.8 Å². The number of hydrogen-bond acceptors (Lipinski definition) is 2. The average Bonchev–Trinajstić information content (AvgIpc) is 2.45. The number of phenols is 2. The summed E-state index contributed by atoms with van der Waals surface area (Å²) < 4.78 is 0. The molecule has 0 amide bonds. The number of rotatable bonds is 4. The summed E-state index contributed by atoms with van der Waals surface area (Å²) >= 11 is 0. The fraction of sp³-hybridized carbons (Fsp3) is 0.429. The molecule has 0 aliphatic heterocycles. The van der Waals surface area contributed by atoms with E-state index in [1.165, 1.54) is 22.3 Å². The van der Waals surface area contributed by atoms with Gasteiger partial charge in [0.15, 0.2) is 0 Å². The van der Waals surface area contributed by atoms with E-state index in [4.69, 9.17) is 0 Å². The minimum atomic E-state index is 0.359. The van der Waals surface area contributed by atoms with Gasteiger partial charge in [-0.05, 0) is 77.6 Å². The molecule has 0 saturated carbocycles. The number of phenolic OH excluding ortho intramolecular Hbond substituents is 2. The maximum absolute atomic E-state index is 10.0. The van der Waals surface area contributed by atoms with Gasteiger partial charge in [-0.2, -0.15) is 0 Å². The van der Waals surface area contributed by atoms with Crippen LogP contribution in [0.25, 0.3) is 0 Å². The molecule has 0 aromatic heterocycles. The minimum Gasteiger partial charge on any atom is -0.508 e. The van der Waals surface area contributed by atoms with Crippen molar-refractivity contribution in [3.05, 3.63) is 57.6 Å². The standard InChI is InChI=1S/C21H28O2/c1-12(2)18-10-20(22)14(5)7-16(18)9-17-8-15(6)21(23)11-19(17)13(3)4/h7-8,10-13,22-23H,9H2,1-6H3. The van der Waals surface area contributed by atoms with Crippen molar-refractivity contribution in [2.24, 2.45) is 0 Å². The van der Waals surface area contributed by atoms with Gasteiger partial charge in [-0.1, -0.05) is 39.8 Å². The zero-order valence-electron chi connectivity index (χ0n) is 15.1. The molecule has 0 spiro atoms. The van der Waals surface area contributed by atoms with Gasteiger partial charge in [0.1, 0.15) is 11.5 Å². The van der Waals surface area contributed by atoms with Crippen LogP contribution in [0, 0.1) is 13.8 Å². The highest BCUT2D eigenvalue weighted by Crippen LogP contribution is 2.33. The van der Waals surface area contributed by atoms with E-state index in [0.717, 1.165) is 17.5 Å². The van der Waals surface area contributed by atoms with Crippen LogP contribution >= 0.6 is 0 Å². The van der Waals surface area contributed by atoms with Gasteiger partial charge < -0.3 is 10.2 Å². The van der Waals surface area contributed by atoms with Gasteiger partial charge in [0.25, 0.3) is 0 Å². The highest BCUT2D eigenvalue weighted by Gasteiger charge is 2.15. The number of aryl methyl sites for hydroxylation is 2. The average molecular weight is 312 g/mol. The van der Waals surface area contributed by atoms with E-state index >= 15 is 0 Å². The smallest absolute Gasteiger partial charge is 0.118 e. The molecule has 0 atom stereocenters. The summed E-state index contributed by atoms with van der Waals surface area (Å²) in [5.74, 6) is 1.45. The van der Waals surface area contributed by atoms with Crippen LogP contribution in [0.3, 0.4) is 0 Å². The first-order chi connectivity index (χ1) is 10.7. The largest absolute Gasteiger partial charge is 0.508 e. The van der Waals surface area contributed by atoms with Gasteiger partial charge in [0.05, 0.1) is 0 Å². The van der Waals surface area contributed by atoms with E-state index in [1.807, 2.05) is 26.0 Å². The Morgan fingerprint density at radius 2 is 1.04 bits per heavy atom. The van der Waals surface area contributed by atoms with Gasteiger partial charge in [0.2, 0.25) is 0 Å². The molecular weight excluding hydrogens is 284 g/mol. The van der Waals surface area contributed by atoms with Crippen molar-refractivity contribution in [1.29, 1.82) is 0 Å². The third-order valence-electron chi connectivity index (χ3n) is 4.54. The molecule has 2 rings (SSSR count). The van der Waals surface area contributed by atoms with Crippen molar-refractivity contribution in [1.82, 2.24) is 0 Å². The molecule has 0 fully saturated rings. The summed E-state index contributed by atoms with van der Waals surface area (Å²) in [5.41, 5.74) is 6.70. The van der Waals surface area contributed by atoms with Crippen LogP contribution in [0.1, 0.15) is 72.9 Å². The molecule has 0 heterocycles. The maximum Gasteiger partial charge on any atom is 0.118 e. The summed E-state index contributed by atoms with van der Waals surface area (Å²) in [5, 5.41) is 20.1. The molecule has 2 N–H and O–H groups in total. The highest BCUT2D eigenvalue weighted by molar-refractivity contribution is 5.48. The summed E-state index contributed by atoms with van der Waals surface area (Å²) in [6, 6.07) is 7.99. The van der Waals surface area contributed by atoms with E-state index in [9.17, 15) is 10.2 Å². The molecule has 2 aromatic rings. The van der Waals surface area contributed by atoms with Gasteiger partial charge in [-0.15, -0.1) is 0 Å². The van der Waals surface area contributed by atoms with Gasteiger partial charge >= 0.3 is 0 Å². The number of aromatic hydroxyl groups is 2. The highest BCUT2D eigenvalue weighted by atomic mass is 16.3. The minimum absolute atomic E-state index is 0.359. The van der Waals surface area contributed by atoms with Gasteiger partial charge in [-0.3, -0.25) is 0 Å². The quantitative estimate of drug-likeness (QED) is 0.776. The van der Waals surface area contributed by atoms with E-state index < -0.39 is 0 Å². The zero-order valence-corrected chi connectivity index (χ0v) is 15.1. The van der Waals surface area contributed by atoms with Crippen LogP contribution in [0.2, 0.25) is 0 Å². The Morgan fingerprint density at radius 3 is 1.35 bits per heavy atom. The Labute approximate surface area is 139 Å². The molecule has 0 unspecified atom stereocenters. The molecule has 0 radical (unpaired) electrons. The molecule has 2 aromatic carbocycles. The van der Waals surface area contributed by atoms with Gasteiger partial charge in [0, 0.05) is 0 Å². The Kier molecular flexibility index (Phi) is 5.03. The molecule has 0 aliphatic rings. The fourth-order valence-electron chi connectivity index (χ4n) is 3.13. The Balaban J connectivity index is 2.55. The topological polar surface area (TPSA) is 40.5 Å². The Bertz CT molecular complexity index is 651. The second-order valence-electron chi connectivity index (χ2n) is 7.16. The van der Waals surface area contributed by atoms with Gasteiger partial charge in [-0.25, -0.2) is 0 Å². The van der Waals surface area contributed by atoms with Crippen LogP contribution in [-0.4, -0.2) is 10.2 Å². The first kappa shape index (κ1) is 17.4. The zero-order chi connectivity index (χ0) is 17.3. The first-order valence-corrected chi connectivity index (χ1v) is 8.35. The molecule has 2 heteroatoms. The molecular formula is C21H28O2. The molecule has 0 aliphatic carbocycles. The third kappa shape index (κ3) is 3.69. The summed E-state index contributed by atoms with van der Waals surface area (Å²) in [4.78, 5) is 0. The van der Waals surface area contributed by atoms with E-state index in [0.29, 0.717) is 23.3 Å². The van der Waals surface area contributed by atoms with Crippen molar-refractivity contribution in [2.75, 3.05) is 0 Å². The van der Waals surface area contributed by atoms with Crippen LogP contribution in [0.5, 0.6) is 11.5 Å². The van der Waals surface area contributed by atoms with Crippen molar-refractivity contribution in [2.45, 2.75) is 59.8 Å².